The predicted molar refractivity (Wildman–Crippen MR) is 177 cm³/mol. The molecule has 2 aliphatic heterocycles. The van der Waals surface area contributed by atoms with Gasteiger partial charge in [0.1, 0.15) is 35.4 Å². The zero-order valence-electron chi connectivity index (χ0n) is 26.9. The van der Waals surface area contributed by atoms with Crippen molar-refractivity contribution in [3.8, 4) is 0 Å². The summed E-state index contributed by atoms with van der Waals surface area (Å²) < 4.78 is 5.63. The third-order valence-corrected chi connectivity index (χ3v) is 8.17. The Morgan fingerprint density at radius 1 is 1.09 bits per heavy atom. The highest BCUT2D eigenvalue weighted by molar-refractivity contribution is 5.84. The number of amides is 2. The van der Waals surface area contributed by atoms with Crippen molar-refractivity contribution in [1.82, 2.24) is 25.6 Å². The summed E-state index contributed by atoms with van der Waals surface area (Å²) in [7, 11) is 0. The number of ether oxygens (including phenoxy) is 1. The van der Waals surface area contributed by atoms with Crippen LogP contribution in [0.1, 0.15) is 75.3 Å². The number of pyridine rings is 1. The molecule has 240 valence electrons. The third-order valence-electron chi connectivity index (χ3n) is 8.17. The highest BCUT2D eigenvalue weighted by atomic mass is 16.6. The van der Waals surface area contributed by atoms with E-state index in [1.165, 1.54) is 5.56 Å². The molecule has 3 aromatic rings. The molecule has 0 aliphatic carbocycles. The summed E-state index contributed by atoms with van der Waals surface area (Å²) >= 11 is 0. The van der Waals surface area contributed by atoms with Crippen LogP contribution in [0, 0.1) is 0 Å². The lowest BCUT2D eigenvalue weighted by Gasteiger charge is -2.34. The zero-order valence-corrected chi connectivity index (χ0v) is 26.9. The van der Waals surface area contributed by atoms with Crippen LogP contribution in [0.15, 0.2) is 48.8 Å². The highest BCUT2D eigenvalue weighted by Crippen LogP contribution is 2.33. The maximum atomic E-state index is 13.1. The molecule has 0 bridgehead atoms. The minimum atomic E-state index is -0.933. The van der Waals surface area contributed by atoms with Crippen molar-refractivity contribution in [3.63, 3.8) is 0 Å². The molecule has 1 atom stereocenters. The van der Waals surface area contributed by atoms with Crippen LogP contribution in [0.25, 0.3) is 0 Å². The molecule has 1 fully saturated rings. The van der Waals surface area contributed by atoms with Gasteiger partial charge in [0.15, 0.2) is 0 Å². The molecule has 1 saturated heterocycles. The molecular formula is C34H46N8O3. The lowest BCUT2D eigenvalue weighted by molar-refractivity contribution is -0.156. The van der Waals surface area contributed by atoms with E-state index in [2.05, 4.69) is 55.2 Å². The summed E-state index contributed by atoms with van der Waals surface area (Å²) in [6.45, 7) is 10.7. The van der Waals surface area contributed by atoms with E-state index >= 15 is 0 Å². The van der Waals surface area contributed by atoms with Gasteiger partial charge in [-0.25, -0.2) is 24.5 Å². The van der Waals surface area contributed by atoms with E-state index in [1.807, 2.05) is 30.3 Å². The number of hydrogen-bond acceptors (Lipinski definition) is 9. The van der Waals surface area contributed by atoms with Gasteiger partial charge in [0.25, 0.3) is 0 Å². The van der Waals surface area contributed by atoms with Crippen LogP contribution in [-0.4, -0.2) is 64.8 Å². The summed E-state index contributed by atoms with van der Waals surface area (Å²) in [6.07, 6.45) is 6.49. The van der Waals surface area contributed by atoms with E-state index in [-0.39, 0.29) is 6.54 Å². The number of fused-ring (bicyclic) bond motifs is 1. The Bertz CT molecular complexity index is 1450. The second-order valence-electron chi connectivity index (χ2n) is 12.7. The van der Waals surface area contributed by atoms with Crippen molar-refractivity contribution in [1.29, 1.82) is 0 Å². The van der Waals surface area contributed by atoms with Crippen LogP contribution >= 0.6 is 0 Å². The number of aromatic nitrogens is 3. The number of urea groups is 1. The van der Waals surface area contributed by atoms with Crippen molar-refractivity contribution < 1.29 is 14.3 Å². The quantitative estimate of drug-likeness (QED) is 0.238. The maximum absolute atomic E-state index is 13.1. The van der Waals surface area contributed by atoms with Crippen LogP contribution in [0.3, 0.4) is 0 Å². The molecule has 0 radical (unpaired) electrons. The molecule has 2 aromatic heterocycles. The maximum Gasteiger partial charge on any atom is 0.331 e. The van der Waals surface area contributed by atoms with Gasteiger partial charge >= 0.3 is 12.0 Å². The van der Waals surface area contributed by atoms with Crippen molar-refractivity contribution >= 4 is 29.5 Å². The molecule has 0 spiro atoms. The van der Waals surface area contributed by atoms with Crippen molar-refractivity contribution in [2.75, 3.05) is 41.7 Å². The first-order valence-electron chi connectivity index (χ1n) is 16.1. The van der Waals surface area contributed by atoms with Crippen molar-refractivity contribution in [2.24, 2.45) is 0 Å². The Balaban J connectivity index is 1.23. The van der Waals surface area contributed by atoms with Crippen LogP contribution < -0.4 is 26.2 Å². The molecule has 2 aliphatic rings. The molecular weight excluding hydrogens is 568 g/mol. The normalized spacial score (nSPS) is 15.8. The summed E-state index contributed by atoms with van der Waals surface area (Å²) in [4.78, 5) is 42.4. The number of nitrogens with one attached hydrogen (secondary N) is 4. The Labute approximate surface area is 266 Å². The van der Waals surface area contributed by atoms with Crippen LogP contribution in [0.4, 0.5) is 22.2 Å². The lowest BCUT2D eigenvalue weighted by Crippen LogP contribution is -2.51. The number of aryl methyl sites for hydroxylation is 1. The average Bonchev–Trinajstić information content (AvgIpc) is 3.05. The first-order chi connectivity index (χ1) is 21.7. The Morgan fingerprint density at radius 2 is 1.87 bits per heavy atom. The Hall–Kier alpha value is -4.41. The fourth-order valence-corrected chi connectivity index (χ4v) is 5.86. The molecule has 0 saturated carbocycles. The lowest BCUT2D eigenvalue weighted by atomic mass is 9.92. The van der Waals surface area contributed by atoms with Gasteiger partial charge in [0.05, 0.1) is 0 Å². The average molecular weight is 615 g/mol. The predicted octanol–water partition coefficient (Wildman–Crippen LogP) is 4.80. The number of rotatable bonds is 10. The van der Waals surface area contributed by atoms with Gasteiger partial charge in [-0.15, -0.1) is 0 Å². The molecule has 1 aromatic carbocycles. The number of anilines is 3. The summed E-state index contributed by atoms with van der Waals surface area (Å²) in [5, 5.41) is 12.4. The van der Waals surface area contributed by atoms with Crippen LogP contribution in [0.2, 0.25) is 0 Å². The van der Waals surface area contributed by atoms with Crippen LogP contribution in [0.5, 0.6) is 0 Å². The Morgan fingerprint density at radius 3 is 2.60 bits per heavy atom. The topological polar surface area (TPSA) is 133 Å². The Kier molecular flexibility index (Phi) is 10.4. The van der Waals surface area contributed by atoms with E-state index in [4.69, 9.17) is 9.72 Å². The number of piperidine rings is 1. The summed E-state index contributed by atoms with van der Waals surface area (Å²) in [5.41, 5.74) is 3.71. The fraction of sp³-hybridized carbons (Fsp3) is 0.500. The third kappa shape index (κ3) is 8.61. The number of esters is 1. The van der Waals surface area contributed by atoms with Gasteiger partial charge in [-0.1, -0.05) is 43.3 Å². The molecule has 4 N–H and O–H groups in total. The number of benzene rings is 1. The van der Waals surface area contributed by atoms with Gasteiger partial charge in [0, 0.05) is 49.9 Å². The smallest absolute Gasteiger partial charge is 0.331 e. The number of hydrogen-bond donors (Lipinski definition) is 4. The largest absolute Gasteiger partial charge is 0.458 e. The van der Waals surface area contributed by atoms with E-state index in [9.17, 15) is 9.59 Å². The fourth-order valence-electron chi connectivity index (χ4n) is 5.86. The van der Waals surface area contributed by atoms with Crippen molar-refractivity contribution in [2.45, 2.75) is 83.9 Å². The van der Waals surface area contributed by atoms with E-state index < -0.39 is 23.6 Å². The number of carbonyl (C=O) groups excluding carboxylic acids is 2. The van der Waals surface area contributed by atoms with Crippen molar-refractivity contribution in [3.05, 3.63) is 71.2 Å². The van der Waals surface area contributed by atoms with Gasteiger partial charge < -0.3 is 30.9 Å². The second kappa shape index (κ2) is 14.6. The van der Waals surface area contributed by atoms with E-state index in [0.29, 0.717) is 24.7 Å². The minimum Gasteiger partial charge on any atom is -0.458 e. The molecule has 11 nitrogen and oxygen atoms in total. The molecule has 5 rings (SSSR count). The molecule has 2 amide bonds. The van der Waals surface area contributed by atoms with Gasteiger partial charge in [-0.05, 0) is 70.1 Å². The standard InChI is InChI=1S/C34H46N8O3/c1-5-26-30(36-21-28(32(43)45-34(2,3)4)41-33(44)37-20-23-10-7-6-8-11-23)38-22-39-31(26)42-18-15-24(16-19-42)27-14-13-25-12-9-17-35-29(25)40-27/h6-8,10-11,13-14,22,24,28H,5,9,12,15-21H2,1-4H3,(H,35,40)(H,36,38,39)(H2,37,41,44)/t28-/m0/s1. The summed E-state index contributed by atoms with van der Waals surface area (Å²) in [6, 6.07) is 12.7. The highest BCUT2D eigenvalue weighted by Gasteiger charge is 2.29. The molecule has 0 unspecified atom stereocenters. The van der Waals surface area contributed by atoms with Gasteiger partial charge in [0.2, 0.25) is 0 Å². The minimum absolute atomic E-state index is 0.108. The number of nitrogens with zero attached hydrogens (tertiary/aromatic N) is 4. The SMILES string of the molecule is CCc1c(NC[C@H](NC(=O)NCc2ccccc2)C(=O)OC(C)(C)C)ncnc1N1CCC(c2ccc3c(n2)NCCC3)CC1. The second-order valence-corrected chi connectivity index (χ2v) is 12.7. The number of carbonyl (C=O) groups is 2. The molecule has 11 heteroatoms. The zero-order chi connectivity index (χ0) is 31.8. The first-order valence-corrected chi connectivity index (χ1v) is 16.1. The summed E-state index contributed by atoms with van der Waals surface area (Å²) in [5.74, 6) is 2.48. The first kappa shape index (κ1) is 32.0. The van der Waals surface area contributed by atoms with E-state index in [0.717, 1.165) is 73.8 Å². The molecule has 45 heavy (non-hydrogen) atoms. The van der Waals surface area contributed by atoms with Crippen LogP contribution in [-0.2, 0) is 28.9 Å². The molecule has 4 heterocycles. The van der Waals surface area contributed by atoms with Gasteiger partial charge in [-0.3, -0.25) is 0 Å². The monoisotopic (exact) mass is 614 g/mol. The van der Waals surface area contributed by atoms with Gasteiger partial charge in [-0.2, -0.15) is 0 Å². The van der Waals surface area contributed by atoms with E-state index in [1.54, 1.807) is 27.1 Å².